The van der Waals surface area contributed by atoms with Crippen LogP contribution < -0.4 is 16.6 Å². The number of H-pyrrole nitrogens is 1. The molecule has 0 aliphatic carbocycles. The van der Waals surface area contributed by atoms with Gasteiger partial charge < -0.3 is 10.3 Å². The van der Waals surface area contributed by atoms with Crippen molar-refractivity contribution in [2.45, 2.75) is 25.3 Å². The van der Waals surface area contributed by atoms with Crippen LogP contribution in [0.4, 0.5) is 4.39 Å². The van der Waals surface area contributed by atoms with Gasteiger partial charge in [-0.15, -0.1) is 0 Å². The van der Waals surface area contributed by atoms with Gasteiger partial charge >= 0.3 is 5.69 Å². The molecule has 0 bridgehead atoms. The van der Waals surface area contributed by atoms with E-state index in [0.29, 0.717) is 23.0 Å². The second-order valence-electron chi connectivity index (χ2n) is 7.88. The Morgan fingerprint density at radius 1 is 1.23 bits per heavy atom. The molecule has 31 heavy (non-hydrogen) atoms. The maximum Gasteiger partial charge on any atom is 0.328 e. The highest BCUT2D eigenvalue weighted by Crippen LogP contribution is 2.30. The molecule has 8 nitrogen and oxygen atoms in total. The molecule has 2 aromatic heterocycles. The van der Waals surface area contributed by atoms with Gasteiger partial charge in [-0.3, -0.25) is 19.1 Å². The van der Waals surface area contributed by atoms with Crippen molar-refractivity contribution in [2.75, 3.05) is 20.1 Å². The second kappa shape index (κ2) is 8.43. The predicted molar refractivity (Wildman–Crippen MR) is 115 cm³/mol. The molecular formula is C22H24FN5O3. The first-order chi connectivity index (χ1) is 14.9. The number of hydrogen-bond acceptors (Lipinski definition) is 5. The van der Waals surface area contributed by atoms with Crippen LogP contribution in [-0.4, -0.2) is 45.5 Å². The lowest BCUT2D eigenvalue weighted by Gasteiger charge is -2.32. The Hall–Kier alpha value is -3.33. The maximum atomic E-state index is 14.5. The van der Waals surface area contributed by atoms with E-state index in [9.17, 15) is 18.8 Å². The number of halogens is 1. The Balaban J connectivity index is 1.44. The number of aromatic amines is 1. The summed E-state index contributed by atoms with van der Waals surface area (Å²) < 4.78 is 15.5. The minimum atomic E-state index is -0.584. The number of carbonyl (C=O) groups excluding carboxylic acids is 1. The van der Waals surface area contributed by atoms with E-state index in [4.69, 9.17) is 0 Å². The second-order valence-corrected chi connectivity index (χ2v) is 7.88. The fourth-order valence-corrected chi connectivity index (χ4v) is 4.12. The highest BCUT2D eigenvalue weighted by atomic mass is 19.1. The maximum absolute atomic E-state index is 14.5. The molecule has 162 valence electrons. The van der Waals surface area contributed by atoms with Crippen molar-refractivity contribution in [3.05, 3.63) is 73.9 Å². The summed E-state index contributed by atoms with van der Waals surface area (Å²) in [5.41, 5.74) is 1.40. The van der Waals surface area contributed by atoms with Gasteiger partial charge in [-0.2, -0.15) is 4.39 Å². The van der Waals surface area contributed by atoms with Gasteiger partial charge in [0.25, 0.3) is 11.5 Å². The highest BCUT2D eigenvalue weighted by molar-refractivity contribution is 5.91. The lowest BCUT2D eigenvalue weighted by atomic mass is 9.90. The van der Waals surface area contributed by atoms with E-state index in [1.54, 1.807) is 18.2 Å². The van der Waals surface area contributed by atoms with Crippen molar-refractivity contribution in [1.82, 2.24) is 24.8 Å². The number of piperidine rings is 1. The van der Waals surface area contributed by atoms with Gasteiger partial charge in [0.15, 0.2) is 0 Å². The van der Waals surface area contributed by atoms with Crippen LogP contribution >= 0.6 is 0 Å². The molecule has 1 fully saturated rings. The minimum absolute atomic E-state index is 0.0541. The lowest BCUT2D eigenvalue weighted by molar-refractivity contribution is 0.0957. The number of rotatable bonds is 4. The number of benzene rings is 1. The summed E-state index contributed by atoms with van der Waals surface area (Å²) in [5.74, 6) is -0.937. The number of fused-ring (bicyclic) bond motifs is 1. The average molecular weight is 425 g/mol. The van der Waals surface area contributed by atoms with Crippen LogP contribution in [0.3, 0.4) is 0 Å². The van der Waals surface area contributed by atoms with Crippen molar-refractivity contribution in [3.8, 4) is 0 Å². The molecule has 0 saturated carbocycles. The molecule has 0 spiro atoms. The van der Waals surface area contributed by atoms with Gasteiger partial charge in [0.05, 0.1) is 10.9 Å². The normalized spacial score (nSPS) is 15.3. The number of pyridine rings is 1. The molecule has 1 amide bonds. The molecule has 1 saturated heterocycles. The third-order valence-electron chi connectivity index (χ3n) is 5.94. The molecule has 1 aliphatic rings. The van der Waals surface area contributed by atoms with E-state index < -0.39 is 17.5 Å². The third-order valence-corrected chi connectivity index (χ3v) is 5.94. The van der Waals surface area contributed by atoms with Crippen molar-refractivity contribution in [1.29, 1.82) is 0 Å². The van der Waals surface area contributed by atoms with Crippen LogP contribution in [0.15, 0.2) is 39.9 Å². The number of amides is 1. The Morgan fingerprint density at radius 3 is 2.65 bits per heavy atom. The summed E-state index contributed by atoms with van der Waals surface area (Å²) in [6.45, 7) is 2.25. The highest BCUT2D eigenvalue weighted by Gasteiger charge is 2.24. The molecule has 3 heterocycles. The first kappa shape index (κ1) is 20.9. The minimum Gasteiger partial charge on any atom is -0.354 e. The fraction of sp³-hybridized carbons (Fsp3) is 0.364. The van der Waals surface area contributed by atoms with Gasteiger partial charge in [-0.25, -0.2) is 9.78 Å². The number of hydrogen-bond donors (Lipinski definition) is 2. The Bertz CT molecular complexity index is 1260. The fourth-order valence-electron chi connectivity index (χ4n) is 4.12. The SMILES string of the molecule is CNC(=O)c1ccc(C2CCN(Cc3ccc4c(=O)n(C)c(=O)[nH]c4c3)CC2)c(F)n1. The summed E-state index contributed by atoms with van der Waals surface area (Å²) in [5, 5.41) is 2.92. The number of likely N-dealkylation sites (tertiary alicyclic amines) is 1. The van der Waals surface area contributed by atoms with Crippen LogP contribution in [0.25, 0.3) is 10.9 Å². The standard InChI is InChI=1S/C22H24FN5O3/c1-24-20(29)17-6-5-15(19(23)25-17)14-7-9-28(10-8-14)12-13-3-4-16-18(11-13)26-22(31)27(2)21(16)30/h3-6,11,14H,7-10,12H2,1-2H3,(H,24,29)(H,26,31). The van der Waals surface area contributed by atoms with Crippen molar-refractivity contribution >= 4 is 16.8 Å². The quantitative estimate of drug-likeness (QED) is 0.617. The molecule has 4 rings (SSSR count). The molecule has 0 radical (unpaired) electrons. The van der Waals surface area contributed by atoms with Gasteiger partial charge in [-0.1, -0.05) is 12.1 Å². The first-order valence-electron chi connectivity index (χ1n) is 10.2. The smallest absolute Gasteiger partial charge is 0.328 e. The largest absolute Gasteiger partial charge is 0.354 e. The zero-order chi connectivity index (χ0) is 22.1. The molecule has 1 aliphatic heterocycles. The van der Waals surface area contributed by atoms with Crippen molar-refractivity contribution < 1.29 is 9.18 Å². The van der Waals surface area contributed by atoms with E-state index in [0.717, 1.165) is 36.1 Å². The summed E-state index contributed by atoms with van der Waals surface area (Å²) in [6, 6.07) is 8.70. The van der Waals surface area contributed by atoms with E-state index in [1.807, 2.05) is 12.1 Å². The van der Waals surface area contributed by atoms with Crippen LogP contribution in [-0.2, 0) is 13.6 Å². The Kier molecular flexibility index (Phi) is 5.69. The zero-order valence-corrected chi connectivity index (χ0v) is 17.4. The number of aromatic nitrogens is 3. The third kappa shape index (κ3) is 4.13. The average Bonchev–Trinajstić information content (AvgIpc) is 2.77. The van der Waals surface area contributed by atoms with Gasteiger partial charge in [0.2, 0.25) is 5.95 Å². The molecular weight excluding hydrogens is 401 g/mol. The van der Waals surface area contributed by atoms with E-state index in [1.165, 1.54) is 14.1 Å². The number of nitrogens with one attached hydrogen (secondary N) is 2. The summed E-state index contributed by atoms with van der Waals surface area (Å²) in [7, 11) is 2.93. The summed E-state index contributed by atoms with van der Waals surface area (Å²) >= 11 is 0. The van der Waals surface area contributed by atoms with Crippen LogP contribution in [0.1, 0.15) is 40.4 Å². The van der Waals surface area contributed by atoms with Gasteiger partial charge in [-0.05, 0) is 55.6 Å². The van der Waals surface area contributed by atoms with Gasteiger partial charge in [0.1, 0.15) is 5.69 Å². The molecule has 2 N–H and O–H groups in total. The van der Waals surface area contributed by atoms with Crippen LogP contribution in [0, 0.1) is 5.95 Å². The zero-order valence-electron chi connectivity index (χ0n) is 17.4. The van der Waals surface area contributed by atoms with Crippen LogP contribution in [0.5, 0.6) is 0 Å². The molecule has 0 atom stereocenters. The topological polar surface area (TPSA) is 100 Å². The molecule has 0 unspecified atom stereocenters. The molecule has 3 aromatic rings. The summed E-state index contributed by atoms with van der Waals surface area (Å²) in [6.07, 6.45) is 1.56. The Labute approximate surface area is 177 Å². The van der Waals surface area contributed by atoms with E-state index in [-0.39, 0.29) is 17.2 Å². The van der Waals surface area contributed by atoms with E-state index in [2.05, 4.69) is 20.2 Å². The molecule has 1 aromatic carbocycles. The van der Waals surface area contributed by atoms with Crippen molar-refractivity contribution in [2.24, 2.45) is 7.05 Å². The predicted octanol–water partition coefficient (Wildman–Crippen LogP) is 1.50. The monoisotopic (exact) mass is 425 g/mol. The van der Waals surface area contributed by atoms with Crippen LogP contribution in [0.2, 0.25) is 0 Å². The first-order valence-corrected chi connectivity index (χ1v) is 10.2. The lowest BCUT2D eigenvalue weighted by Crippen LogP contribution is -2.33. The van der Waals surface area contributed by atoms with E-state index >= 15 is 0 Å². The van der Waals surface area contributed by atoms with Crippen molar-refractivity contribution in [3.63, 3.8) is 0 Å². The van der Waals surface area contributed by atoms with Gasteiger partial charge in [0, 0.05) is 26.2 Å². The Morgan fingerprint density at radius 2 is 1.97 bits per heavy atom. The summed E-state index contributed by atoms with van der Waals surface area (Å²) in [4.78, 5) is 44.5. The number of nitrogens with zero attached hydrogens (tertiary/aromatic N) is 3. The molecule has 9 heteroatoms. The number of carbonyl (C=O) groups is 1.